The summed E-state index contributed by atoms with van der Waals surface area (Å²) in [5.41, 5.74) is -0.136. The van der Waals surface area contributed by atoms with Crippen LogP contribution >= 0.6 is 0 Å². The van der Waals surface area contributed by atoms with Gasteiger partial charge in [-0.15, -0.1) is 0 Å². The minimum Gasteiger partial charge on any atom is -0.372 e. The summed E-state index contributed by atoms with van der Waals surface area (Å²) in [6, 6.07) is 0. The minimum atomic E-state index is -0.136. The van der Waals surface area contributed by atoms with Crippen LogP contribution in [0, 0.1) is 11.8 Å². The molecule has 0 spiro atoms. The van der Waals surface area contributed by atoms with Crippen molar-refractivity contribution in [3.63, 3.8) is 0 Å². The van der Waals surface area contributed by atoms with Crippen LogP contribution in [-0.4, -0.2) is 17.5 Å². The van der Waals surface area contributed by atoms with Gasteiger partial charge in [0.05, 0.1) is 17.6 Å². The van der Waals surface area contributed by atoms with Crippen molar-refractivity contribution in [2.45, 2.75) is 38.9 Å². The third-order valence-corrected chi connectivity index (χ3v) is 2.64. The van der Waals surface area contributed by atoms with Gasteiger partial charge >= 0.3 is 0 Å². The highest BCUT2D eigenvalue weighted by atomic mass is 16.5. The molecule has 2 aliphatic rings. The molecule has 0 aliphatic heterocycles. The molecule has 13 heavy (non-hydrogen) atoms. The van der Waals surface area contributed by atoms with E-state index in [9.17, 15) is 4.79 Å². The number of carbonyl (C=O) groups excluding carboxylic acids is 1. The summed E-state index contributed by atoms with van der Waals surface area (Å²) < 4.78 is 5.83. The number of fused-ring (bicyclic) bond motifs is 2. The predicted molar refractivity (Wildman–Crippen MR) is 50.4 cm³/mol. The van der Waals surface area contributed by atoms with Crippen molar-refractivity contribution in [1.82, 2.24) is 0 Å². The highest BCUT2D eigenvalue weighted by Crippen LogP contribution is 2.39. The Hall–Kier alpha value is -0.630. The third kappa shape index (κ3) is 1.55. The summed E-state index contributed by atoms with van der Waals surface area (Å²) in [7, 11) is 0. The molecule has 0 aromatic heterocycles. The molecule has 0 amide bonds. The Bertz CT molecular complexity index is 260. The van der Waals surface area contributed by atoms with E-state index in [-0.39, 0.29) is 23.5 Å². The smallest absolute Gasteiger partial charge is 0.149 e. The van der Waals surface area contributed by atoms with E-state index in [4.69, 9.17) is 4.74 Å². The standard InChI is InChI=1S/C11H16O2/c1-11(2,3)13-9-6-7-4-5-8(9)10(7)12/h4-5,7-9H,6H2,1-3H3. The maximum atomic E-state index is 11.5. The lowest BCUT2D eigenvalue weighted by Crippen LogP contribution is -2.30. The van der Waals surface area contributed by atoms with Gasteiger partial charge in [-0.2, -0.15) is 0 Å². The van der Waals surface area contributed by atoms with Crippen LogP contribution in [0.25, 0.3) is 0 Å². The maximum Gasteiger partial charge on any atom is 0.149 e. The Labute approximate surface area is 79.0 Å². The van der Waals surface area contributed by atoms with Crippen molar-refractivity contribution in [3.05, 3.63) is 12.2 Å². The fourth-order valence-electron chi connectivity index (χ4n) is 2.16. The molecule has 0 aromatic rings. The van der Waals surface area contributed by atoms with Crippen molar-refractivity contribution in [3.8, 4) is 0 Å². The Balaban J connectivity index is 2.06. The van der Waals surface area contributed by atoms with Crippen LogP contribution in [0.3, 0.4) is 0 Å². The zero-order valence-corrected chi connectivity index (χ0v) is 8.41. The molecular formula is C11H16O2. The molecule has 1 fully saturated rings. The molecule has 2 nitrogen and oxygen atoms in total. The van der Waals surface area contributed by atoms with Crippen LogP contribution in [0.2, 0.25) is 0 Å². The zero-order valence-electron chi connectivity index (χ0n) is 8.41. The summed E-state index contributed by atoms with van der Waals surface area (Å²) in [5, 5.41) is 0. The molecule has 3 unspecified atom stereocenters. The average molecular weight is 180 g/mol. The third-order valence-electron chi connectivity index (χ3n) is 2.64. The molecule has 0 radical (unpaired) electrons. The van der Waals surface area contributed by atoms with Gasteiger partial charge in [0.15, 0.2) is 0 Å². The Morgan fingerprint density at radius 2 is 2.08 bits per heavy atom. The summed E-state index contributed by atoms with van der Waals surface area (Å²) in [4.78, 5) is 11.5. The summed E-state index contributed by atoms with van der Waals surface area (Å²) in [6.07, 6.45) is 5.04. The fraction of sp³-hybridized carbons (Fsp3) is 0.727. The van der Waals surface area contributed by atoms with E-state index in [1.54, 1.807) is 0 Å². The average Bonchev–Trinajstić information content (AvgIpc) is 2.42. The van der Waals surface area contributed by atoms with E-state index in [2.05, 4.69) is 0 Å². The first-order valence-corrected chi connectivity index (χ1v) is 4.87. The first-order chi connectivity index (χ1) is 5.97. The highest BCUT2D eigenvalue weighted by Gasteiger charge is 2.45. The van der Waals surface area contributed by atoms with Crippen LogP contribution in [0.4, 0.5) is 0 Å². The van der Waals surface area contributed by atoms with Crippen LogP contribution in [0.1, 0.15) is 27.2 Å². The second-order valence-electron chi connectivity index (χ2n) is 4.92. The Kier molecular flexibility index (Phi) is 1.84. The second-order valence-corrected chi connectivity index (χ2v) is 4.92. The summed E-state index contributed by atoms with van der Waals surface area (Å²) in [5.74, 6) is 0.552. The maximum absolute atomic E-state index is 11.5. The van der Waals surface area contributed by atoms with Gasteiger partial charge in [0.2, 0.25) is 0 Å². The van der Waals surface area contributed by atoms with E-state index < -0.39 is 0 Å². The van der Waals surface area contributed by atoms with E-state index >= 15 is 0 Å². The van der Waals surface area contributed by atoms with Crippen molar-refractivity contribution in [1.29, 1.82) is 0 Å². The molecule has 2 rings (SSSR count). The molecule has 2 aliphatic carbocycles. The Morgan fingerprint density at radius 1 is 1.38 bits per heavy atom. The number of rotatable bonds is 1. The molecule has 2 bridgehead atoms. The topological polar surface area (TPSA) is 26.3 Å². The van der Waals surface area contributed by atoms with Gasteiger partial charge in [-0.3, -0.25) is 4.79 Å². The van der Waals surface area contributed by atoms with E-state index in [0.29, 0.717) is 5.78 Å². The number of hydrogen-bond donors (Lipinski definition) is 0. The van der Waals surface area contributed by atoms with Crippen LogP contribution in [-0.2, 0) is 9.53 Å². The van der Waals surface area contributed by atoms with Gasteiger partial charge in [0, 0.05) is 5.92 Å². The Morgan fingerprint density at radius 3 is 2.46 bits per heavy atom. The van der Waals surface area contributed by atoms with Crippen LogP contribution < -0.4 is 0 Å². The second kappa shape index (κ2) is 2.68. The zero-order chi connectivity index (χ0) is 9.64. The monoisotopic (exact) mass is 180 g/mol. The van der Waals surface area contributed by atoms with Crippen molar-refractivity contribution < 1.29 is 9.53 Å². The number of Topliss-reactive ketones (excluding diaryl/α,β-unsaturated/α-hetero) is 1. The quantitative estimate of drug-likeness (QED) is 0.576. The van der Waals surface area contributed by atoms with Gasteiger partial charge in [-0.25, -0.2) is 0 Å². The highest BCUT2D eigenvalue weighted by molar-refractivity contribution is 5.92. The largest absolute Gasteiger partial charge is 0.372 e. The molecule has 0 aromatic carbocycles. The van der Waals surface area contributed by atoms with E-state index in [1.807, 2.05) is 32.9 Å². The molecule has 2 heteroatoms. The number of allylic oxidation sites excluding steroid dienone is 1. The number of carbonyl (C=O) groups is 1. The number of ketones is 1. The first-order valence-electron chi connectivity index (χ1n) is 4.87. The van der Waals surface area contributed by atoms with Gasteiger partial charge in [-0.05, 0) is 27.2 Å². The van der Waals surface area contributed by atoms with Gasteiger partial charge < -0.3 is 4.74 Å². The number of ether oxygens (including phenoxy) is 1. The normalized spacial score (nSPS) is 37.5. The lowest BCUT2D eigenvalue weighted by Gasteiger charge is -2.27. The predicted octanol–water partition coefficient (Wildman–Crippen LogP) is 1.95. The van der Waals surface area contributed by atoms with Gasteiger partial charge in [-0.1, -0.05) is 12.2 Å². The number of hydrogen-bond acceptors (Lipinski definition) is 2. The molecule has 0 saturated heterocycles. The van der Waals surface area contributed by atoms with Crippen LogP contribution in [0.5, 0.6) is 0 Å². The van der Waals surface area contributed by atoms with Crippen molar-refractivity contribution >= 4 is 5.78 Å². The molecule has 0 N–H and O–H groups in total. The van der Waals surface area contributed by atoms with Gasteiger partial charge in [0.1, 0.15) is 5.78 Å². The molecular weight excluding hydrogens is 164 g/mol. The van der Waals surface area contributed by atoms with E-state index in [0.717, 1.165) is 6.42 Å². The van der Waals surface area contributed by atoms with E-state index in [1.165, 1.54) is 0 Å². The lowest BCUT2D eigenvalue weighted by atomic mass is 10.0. The summed E-state index contributed by atoms with van der Waals surface area (Å²) >= 11 is 0. The first kappa shape index (κ1) is 8.95. The molecule has 0 heterocycles. The fourth-order valence-corrected chi connectivity index (χ4v) is 2.16. The van der Waals surface area contributed by atoms with Crippen molar-refractivity contribution in [2.75, 3.05) is 0 Å². The lowest BCUT2D eigenvalue weighted by molar-refractivity contribution is -0.123. The molecule has 72 valence electrons. The summed E-state index contributed by atoms with van der Waals surface area (Å²) in [6.45, 7) is 6.10. The van der Waals surface area contributed by atoms with Crippen LogP contribution in [0.15, 0.2) is 12.2 Å². The van der Waals surface area contributed by atoms with Crippen molar-refractivity contribution in [2.24, 2.45) is 11.8 Å². The SMILES string of the molecule is CC(C)(C)OC1CC2C=CC1C2=O. The molecule has 1 saturated carbocycles. The van der Waals surface area contributed by atoms with Gasteiger partial charge in [0.25, 0.3) is 0 Å². The minimum absolute atomic E-state index is 0.0456. The molecule has 3 atom stereocenters.